The highest BCUT2D eigenvalue weighted by molar-refractivity contribution is 7.22. The molecule has 1 aromatic carbocycles. The van der Waals surface area contributed by atoms with E-state index in [1.165, 1.54) is 24.4 Å². The Morgan fingerprint density at radius 3 is 2.86 bits per heavy atom. The Kier molecular flexibility index (Phi) is 5.05. The summed E-state index contributed by atoms with van der Waals surface area (Å²) in [5.41, 5.74) is 0.936. The minimum atomic E-state index is -4.76. The second-order valence-electron chi connectivity index (χ2n) is 6.17. The Morgan fingerprint density at radius 1 is 1.24 bits per heavy atom. The van der Waals surface area contributed by atoms with E-state index >= 15 is 0 Å². The van der Waals surface area contributed by atoms with Crippen LogP contribution in [-0.2, 0) is 0 Å². The zero-order chi connectivity index (χ0) is 20.4. The zero-order valence-electron chi connectivity index (χ0n) is 14.7. The van der Waals surface area contributed by atoms with E-state index in [9.17, 15) is 18.0 Å². The second-order valence-corrected chi connectivity index (χ2v) is 7.21. The number of halogens is 3. The van der Waals surface area contributed by atoms with E-state index in [0.717, 1.165) is 17.8 Å². The van der Waals surface area contributed by atoms with E-state index in [2.05, 4.69) is 30.3 Å². The molecule has 150 valence electrons. The molecule has 3 heterocycles. The van der Waals surface area contributed by atoms with E-state index in [4.69, 9.17) is 0 Å². The molecule has 0 saturated heterocycles. The number of carbonyl (C=O) groups excluding carboxylic acids is 1. The first-order valence-electron chi connectivity index (χ1n) is 8.56. The van der Waals surface area contributed by atoms with Gasteiger partial charge in [-0.25, -0.2) is 9.97 Å². The van der Waals surface area contributed by atoms with Crippen molar-refractivity contribution in [2.75, 3.05) is 11.9 Å². The smallest absolute Gasteiger partial charge is 0.406 e. The molecular formula is C18H14F3N5O2S. The van der Waals surface area contributed by atoms with Gasteiger partial charge in [0.05, 0.1) is 16.3 Å². The summed E-state index contributed by atoms with van der Waals surface area (Å²) in [6.07, 6.45) is -0.777. The molecule has 0 bridgehead atoms. The molecular weight excluding hydrogens is 407 g/mol. The quantitative estimate of drug-likeness (QED) is 0.652. The van der Waals surface area contributed by atoms with Gasteiger partial charge in [0, 0.05) is 30.6 Å². The van der Waals surface area contributed by atoms with Crippen LogP contribution in [0, 0.1) is 0 Å². The zero-order valence-corrected chi connectivity index (χ0v) is 15.5. The SMILES string of the molecule is O=C(NC1C=NCC1)c1ccnc(Nc2nc3ccc(OC(F)(F)F)cc3s2)c1. The van der Waals surface area contributed by atoms with Gasteiger partial charge >= 0.3 is 6.36 Å². The second kappa shape index (κ2) is 7.66. The van der Waals surface area contributed by atoms with E-state index in [-0.39, 0.29) is 17.7 Å². The maximum absolute atomic E-state index is 12.4. The number of aromatic nitrogens is 2. The van der Waals surface area contributed by atoms with Gasteiger partial charge in [0.1, 0.15) is 11.6 Å². The number of thiazole rings is 1. The number of anilines is 2. The van der Waals surface area contributed by atoms with Crippen LogP contribution in [0.3, 0.4) is 0 Å². The molecule has 7 nitrogen and oxygen atoms in total. The molecule has 3 aromatic rings. The van der Waals surface area contributed by atoms with Crippen LogP contribution in [-0.4, -0.2) is 41.0 Å². The van der Waals surface area contributed by atoms with Crippen molar-refractivity contribution in [2.24, 2.45) is 4.99 Å². The normalized spacial score (nSPS) is 16.2. The highest BCUT2D eigenvalue weighted by Gasteiger charge is 2.31. The van der Waals surface area contributed by atoms with E-state index in [1.54, 1.807) is 18.3 Å². The molecule has 0 aliphatic carbocycles. The first-order chi connectivity index (χ1) is 13.9. The first-order valence-corrected chi connectivity index (χ1v) is 9.38. The highest BCUT2D eigenvalue weighted by Crippen LogP contribution is 2.32. The third kappa shape index (κ3) is 4.80. The fraction of sp³-hybridized carbons (Fsp3) is 0.222. The summed E-state index contributed by atoms with van der Waals surface area (Å²) in [7, 11) is 0. The summed E-state index contributed by atoms with van der Waals surface area (Å²) < 4.78 is 41.6. The van der Waals surface area contributed by atoms with Crippen LogP contribution in [0.5, 0.6) is 5.75 Å². The lowest BCUT2D eigenvalue weighted by Gasteiger charge is -2.10. The van der Waals surface area contributed by atoms with Gasteiger partial charge in [-0.1, -0.05) is 11.3 Å². The predicted molar refractivity (Wildman–Crippen MR) is 103 cm³/mol. The molecule has 0 spiro atoms. The van der Waals surface area contributed by atoms with Crippen LogP contribution < -0.4 is 15.4 Å². The average Bonchev–Trinajstić information content (AvgIpc) is 3.29. The fourth-order valence-corrected chi connectivity index (χ4v) is 3.66. The van der Waals surface area contributed by atoms with Crippen molar-refractivity contribution in [1.29, 1.82) is 0 Å². The maximum Gasteiger partial charge on any atom is 0.573 e. The number of nitrogens with zero attached hydrogens (tertiary/aromatic N) is 3. The maximum atomic E-state index is 12.4. The van der Waals surface area contributed by atoms with Crippen LogP contribution in [0.1, 0.15) is 16.8 Å². The van der Waals surface area contributed by atoms with Crippen molar-refractivity contribution in [3.8, 4) is 5.75 Å². The largest absolute Gasteiger partial charge is 0.573 e. The number of benzene rings is 1. The molecule has 29 heavy (non-hydrogen) atoms. The van der Waals surface area contributed by atoms with Gasteiger partial charge < -0.3 is 15.4 Å². The van der Waals surface area contributed by atoms with Crippen molar-refractivity contribution in [3.63, 3.8) is 0 Å². The topological polar surface area (TPSA) is 88.5 Å². The monoisotopic (exact) mass is 421 g/mol. The van der Waals surface area contributed by atoms with Crippen molar-refractivity contribution in [1.82, 2.24) is 15.3 Å². The minimum absolute atomic E-state index is 0.0792. The summed E-state index contributed by atoms with van der Waals surface area (Å²) in [5, 5.41) is 6.27. The number of aliphatic imine (C=N–C) groups is 1. The number of ether oxygens (including phenoxy) is 1. The summed E-state index contributed by atoms with van der Waals surface area (Å²) in [6, 6.07) is 7.00. The first kappa shape index (κ1) is 19.1. The lowest BCUT2D eigenvalue weighted by Crippen LogP contribution is -2.34. The Balaban J connectivity index is 1.49. The molecule has 1 unspecified atom stereocenters. The summed E-state index contributed by atoms with van der Waals surface area (Å²) in [5.74, 6) is -0.164. The van der Waals surface area contributed by atoms with Gasteiger partial charge in [-0.05, 0) is 30.7 Å². The Hall–Kier alpha value is -3.21. The number of hydrogen-bond donors (Lipinski definition) is 2. The Bertz CT molecular complexity index is 1080. The van der Waals surface area contributed by atoms with E-state index in [1.807, 2.05) is 0 Å². The summed E-state index contributed by atoms with van der Waals surface area (Å²) in [4.78, 5) is 24.9. The number of alkyl halides is 3. The third-order valence-electron chi connectivity index (χ3n) is 4.02. The Labute approximate surface area is 166 Å². The molecule has 4 rings (SSSR count). The molecule has 0 fully saturated rings. The summed E-state index contributed by atoms with van der Waals surface area (Å²) >= 11 is 1.15. The third-order valence-corrected chi connectivity index (χ3v) is 4.96. The molecule has 1 atom stereocenters. The Morgan fingerprint density at radius 2 is 2.10 bits per heavy atom. The summed E-state index contributed by atoms with van der Waals surface area (Å²) in [6.45, 7) is 0.696. The molecule has 2 N–H and O–H groups in total. The van der Waals surface area contributed by atoms with Crippen LogP contribution in [0.25, 0.3) is 10.2 Å². The molecule has 0 saturated carbocycles. The number of fused-ring (bicyclic) bond motifs is 1. The number of rotatable bonds is 5. The van der Waals surface area contributed by atoms with Crippen molar-refractivity contribution >= 4 is 44.6 Å². The van der Waals surface area contributed by atoms with Crippen LogP contribution >= 0.6 is 11.3 Å². The van der Waals surface area contributed by atoms with Gasteiger partial charge in [0.2, 0.25) is 0 Å². The molecule has 11 heteroatoms. The van der Waals surface area contributed by atoms with Crippen molar-refractivity contribution in [2.45, 2.75) is 18.8 Å². The predicted octanol–water partition coefficient (Wildman–Crippen LogP) is 3.91. The van der Waals surface area contributed by atoms with Crippen LogP contribution in [0.15, 0.2) is 41.5 Å². The number of hydrogen-bond acceptors (Lipinski definition) is 7. The molecule has 0 radical (unpaired) electrons. The van der Waals surface area contributed by atoms with E-state index < -0.39 is 6.36 Å². The van der Waals surface area contributed by atoms with Gasteiger partial charge in [-0.15, -0.1) is 13.2 Å². The average molecular weight is 421 g/mol. The molecule has 2 aromatic heterocycles. The van der Waals surface area contributed by atoms with Crippen molar-refractivity contribution < 1.29 is 22.7 Å². The van der Waals surface area contributed by atoms with E-state index in [0.29, 0.717) is 33.3 Å². The van der Waals surface area contributed by atoms with Gasteiger partial charge in [0.15, 0.2) is 5.13 Å². The highest BCUT2D eigenvalue weighted by atomic mass is 32.1. The van der Waals surface area contributed by atoms with Gasteiger partial charge in [0.25, 0.3) is 5.91 Å². The number of amides is 1. The van der Waals surface area contributed by atoms with Crippen molar-refractivity contribution in [3.05, 3.63) is 42.1 Å². The number of nitrogens with one attached hydrogen (secondary N) is 2. The fourth-order valence-electron chi connectivity index (χ4n) is 2.76. The minimum Gasteiger partial charge on any atom is -0.406 e. The van der Waals surface area contributed by atoms with Crippen LogP contribution in [0.4, 0.5) is 24.1 Å². The van der Waals surface area contributed by atoms with Crippen LogP contribution in [0.2, 0.25) is 0 Å². The lowest BCUT2D eigenvalue weighted by molar-refractivity contribution is -0.274. The molecule has 1 amide bonds. The molecule has 1 aliphatic rings. The van der Waals surface area contributed by atoms with Gasteiger partial charge in [-0.2, -0.15) is 0 Å². The number of pyridine rings is 1. The molecule has 1 aliphatic heterocycles. The number of carbonyl (C=O) groups is 1. The standard InChI is InChI=1S/C18H14F3N5O2S/c19-18(20,21)28-12-1-2-13-14(8-12)29-17(25-13)26-15-7-10(3-6-23-15)16(27)24-11-4-5-22-9-11/h1-3,6-9,11H,4-5H2,(H,24,27)(H,23,25,26). The lowest BCUT2D eigenvalue weighted by atomic mass is 10.2. The van der Waals surface area contributed by atoms with Gasteiger partial charge in [-0.3, -0.25) is 9.79 Å².